The Morgan fingerprint density at radius 1 is 1.10 bits per heavy atom. The second-order valence-corrected chi connectivity index (χ2v) is 7.60. The van der Waals surface area contributed by atoms with Gasteiger partial charge in [0.25, 0.3) is 5.91 Å². The molecule has 31 heavy (non-hydrogen) atoms. The fourth-order valence-electron chi connectivity index (χ4n) is 3.11. The number of aromatic nitrogens is 3. The Hall–Kier alpha value is -3.64. The molecule has 1 amide bonds. The van der Waals surface area contributed by atoms with Crippen LogP contribution >= 0.6 is 11.6 Å². The van der Waals surface area contributed by atoms with Crippen LogP contribution < -0.4 is 10.1 Å². The van der Waals surface area contributed by atoms with Crippen LogP contribution in [-0.4, -0.2) is 20.7 Å². The van der Waals surface area contributed by atoms with Crippen molar-refractivity contribution in [3.63, 3.8) is 0 Å². The number of pyridine rings is 1. The van der Waals surface area contributed by atoms with Crippen LogP contribution in [0.2, 0.25) is 5.02 Å². The minimum absolute atomic E-state index is 0.163. The van der Waals surface area contributed by atoms with Gasteiger partial charge in [-0.25, -0.2) is 0 Å². The Morgan fingerprint density at radius 2 is 1.87 bits per heavy atom. The van der Waals surface area contributed by atoms with Gasteiger partial charge in [-0.1, -0.05) is 29.8 Å². The predicted molar refractivity (Wildman–Crippen MR) is 120 cm³/mol. The summed E-state index contributed by atoms with van der Waals surface area (Å²) in [6.07, 6.45) is 5.33. The van der Waals surface area contributed by atoms with Crippen LogP contribution in [0.4, 0.5) is 0 Å². The Bertz CT molecular complexity index is 1220. The van der Waals surface area contributed by atoms with E-state index in [2.05, 4.69) is 15.4 Å². The lowest BCUT2D eigenvalue weighted by atomic mass is 10.1. The highest BCUT2D eigenvalue weighted by Gasteiger charge is 2.12. The van der Waals surface area contributed by atoms with Gasteiger partial charge >= 0.3 is 0 Å². The smallest absolute Gasteiger partial charge is 0.251 e. The summed E-state index contributed by atoms with van der Waals surface area (Å²) < 4.78 is 7.73. The molecule has 7 heteroatoms. The van der Waals surface area contributed by atoms with E-state index in [1.807, 2.05) is 50.5 Å². The minimum atomic E-state index is -0.163. The second kappa shape index (κ2) is 9.02. The van der Waals surface area contributed by atoms with E-state index in [9.17, 15) is 4.79 Å². The molecule has 0 bridgehead atoms. The van der Waals surface area contributed by atoms with Crippen LogP contribution in [-0.2, 0) is 13.6 Å². The number of carbonyl (C=O) groups is 1. The van der Waals surface area contributed by atoms with Gasteiger partial charge in [0.05, 0.1) is 11.9 Å². The van der Waals surface area contributed by atoms with E-state index in [1.165, 1.54) is 0 Å². The van der Waals surface area contributed by atoms with Crippen LogP contribution in [0.1, 0.15) is 21.5 Å². The molecule has 6 nitrogen and oxygen atoms in total. The largest absolute Gasteiger partial charge is 0.457 e. The molecule has 0 fully saturated rings. The number of nitrogens with one attached hydrogen (secondary N) is 1. The molecule has 4 aromatic rings. The van der Waals surface area contributed by atoms with Gasteiger partial charge in [-0.05, 0) is 48.4 Å². The summed E-state index contributed by atoms with van der Waals surface area (Å²) >= 11 is 5.91. The van der Waals surface area contributed by atoms with Crippen molar-refractivity contribution in [3.8, 4) is 22.8 Å². The van der Waals surface area contributed by atoms with Crippen molar-refractivity contribution >= 4 is 17.5 Å². The number of hydrogen-bond acceptors (Lipinski definition) is 4. The van der Waals surface area contributed by atoms with Gasteiger partial charge in [-0.15, -0.1) is 0 Å². The van der Waals surface area contributed by atoms with E-state index < -0.39 is 0 Å². The molecular weight excluding hydrogens is 412 g/mol. The lowest BCUT2D eigenvalue weighted by Gasteiger charge is -2.11. The number of hydrogen-bond donors (Lipinski definition) is 1. The number of rotatable bonds is 6. The number of ether oxygens (including phenoxy) is 1. The maximum atomic E-state index is 12.7. The average Bonchev–Trinajstić information content (AvgIpc) is 3.21. The highest BCUT2D eigenvalue weighted by Crippen LogP contribution is 2.27. The van der Waals surface area contributed by atoms with E-state index in [0.29, 0.717) is 28.6 Å². The average molecular weight is 433 g/mol. The first kappa shape index (κ1) is 20.6. The maximum Gasteiger partial charge on any atom is 0.251 e. The number of halogens is 1. The maximum absolute atomic E-state index is 12.7. The van der Waals surface area contributed by atoms with E-state index in [0.717, 1.165) is 22.4 Å². The molecule has 2 heterocycles. The van der Waals surface area contributed by atoms with Crippen molar-refractivity contribution in [1.82, 2.24) is 20.1 Å². The normalized spacial score (nSPS) is 10.7. The van der Waals surface area contributed by atoms with Crippen molar-refractivity contribution in [2.45, 2.75) is 13.5 Å². The minimum Gasteiger partial charge on any atom is -0.457 e. The van der Waals surface area contributed by atoms with Gasteiger partial charge in [0, 0.05) is 48.2 Å². The van der Waals surface area contributed by atoms with Crippen LogP contribution in [0.15, 0.2) is 73.2 Å². The first-order valence-corrected chi connectivity index (χ1v) is 10.1. The first-order chi connectivity index (χ1) is 15.0. The van der Waals surface area contributed by atoms with E-state index in [1.54, 1.807) is 41.3 Å². The van der Waals surface area contributed by atoms with Crippen molar-refractivity contribution in [1.29, 1.82) is 0 Å². The fraction of sp³-hybridized carbons (Fsp3) is 0.125. The van der Waals surface area contributed by atoms with Crippen LogP contribution in [0.3, 0.4) is 0 Å². The molecular formula is C24H21ClN4O2. The van der Waals surface area contributed by atoms with E-state index in [4.69, 9.17) is 16.3 Å². The second-order valence-electron chi connectivity index (χ2n) is 7.17. The van der Waals surface area contributed by atoms with Gasteiger partial charge in [0.1, 0.15) is 11.5 Å². The van der Waals surface area contributed by atoms with Crippen LogP contribution in [0, 0.1) is 6.92 Å². The Balaban J connectivity index is 1.48. The summed E-state index contributed by atoms with van der Waals surface area (Å²) in [5.41, 5.74) is 4.07. The molecule has 0 atom stereocenters. The first-order valence-electron chi connectivity index (χ1n) is 9.74. The summed E-state index contributed by atoms with van der Waals surface area (Å²) in [7, 11) is 1.86. The topological polar surface area (TPSA) is 69.0 Å². The summed E-state index contributed by atoms with van der Waals surface area (Å²) in [6.45, 7) is 2.31. The molecule has 0 aliphatic heterocycles. The Labute approximate surface area is 185 Å². The molecule has 0 spiro atoms. The van der Waals surface area contributed by atoms with Gasteiger partial charge in [0.2, 0.25) is 0 Å². The van der Waals surface area contributed by atoms with E-state index in [-0.39, 0.29) is 5.91 Å². The molecule has 2 aromatic heterocycles. The lowest BCUT2D eigenvalue weighted by molar-refractivity contribution is 0.0950. The lowest BCUT2D eigenvalue weighted by Crippen LogP contribution is -2.23. The number of nitrogens with zero attached hydrogens (tertiary/aromatic N) is 3. The van der Waals surface area contributed by atoms with Crippen molar-refractivity contribution in [3.05, 3.63) is 94.9 Å². The number of benzene rings is 2. The molecule has 0 saturated carbocycles. The SMILES string of the molecule is Cc1ccc(Oc2ccnc(-c3cnn(C)c3)c2)cc1C(=O)NCc1ccc(Cl)cc1. The van der Waals surface area contributed by atoms with Crippen molar-refractivity contribution in [2.24, 2.45) is 7.05 Å². The van der Waals surface area contributed by atoms with Gasteiger partial charge in [0.15, 0.2) is 0 Å². The highest BCUT2D eigenvalue weighted by molar-refractivity contribution is 6.30. The quantitative estimate of drug-likeness (QED) is 0.456. The van der Waals surface area contributed by atoms with Gasteiger partial charge in [-0.2, -0.15) is 5.10 Å². The predicted octanol–water partition coefficient (Wildman–Crippen LogP) is 5.17. The third-order valence-electron chi connectivity index (χ3n) is 4.79. The zero-order chi connectivity index (χ0) is 21.8. The number of aryl methyl sites for hydroxylation is 2. The molecule has 156 valence electrons. The van der Waals surface area contributed by atoms with Gasteiger partial charge < -0.3 is 10.1 Å². The molecule has 0 unspecified atom stereocenters. The number of amides is 1. The van der Waals surface area contributed by atoms with Gasteiger partial charge in [-0.3, -0.25) is 14.5 Å². The summed E-state index contributed by atoms with van der Waals surface area (Å²) in [5.74, 6) is 1.04. The summed E-state index contributed by atoms with van der Waals surface area (Å²) in [6, 6.07) is 16.5. The zero-order valence-corrected chi connectivity index (χ0v) is 17.9. The number of carbonyl (C=O) groups excluding carboxylic acids is 1. The molecule has 2 aromatic carbocycles. The third-order valence-corrected chi connectivity index (χ3v) is 5.04. The fourth-order valence-corrected chi connectivity index (χ4v) is 3.24. The Morgan fingerprint density at radius 3 is 2.61 bits per heavy atom. The summed E-state index contributed by atoms with van der Waals surface area (Å²) in [4.78, 5) is 17.1. The molecule has 0 aliphatic carbocycles. The zero-order valence-electron chi connectivity index (χ0n) is 17.2. The molecule has 0 aliphatic rings. The summed E-state index contributed by atoms with van der Waals surface area (Å²) in [5, 5.41) is 7.78. The molecule has 0 saturated heterocycles. The van der Waals surface area contributed by atoms with Crippen molar-refractivity contribution < 1.29 is 9.53 Å². The third kappa shape index (κ3) is 5.10. The molecule has 4 rings (SSSR count). The van der Waals surface area contributed by atoms with Crippen LogP contribution in [0.25, 0.3) is 11.3 Å². The van der Waals surface area contributed by atoms with Crippen molar-refractivity contribution in [2.75, 3.05) is 0 Å². The molecule has 1 N–H and O–H groups in total. The Kier molecular flexibility index (Phi) is 6.00. The monoisotopic (exact) mass is 432 g/mol. The van der Waals surface area contributed by atoms with Crippen LogP contribution in [0.5, 0.6) is 11.5 Å². The molecule has 0 radical (unpaired) electrons. The standard InChI is InChI=1S/C24H21ClN4O2/c1-16-3-8-20(11-22(16)24(30)27-13-17-4-6-19(25)7-5-17)31-21-9-10-26-23(12-21)18-14-28-29(2)15-18/h3-12,14-15H,13H2,1-2H3,(H,27,30). The van der Waals surface area contributed by atoms with E-state index >= 15 is 0 Å². The highest BCUT2D eigenvalue weighted by atomic mass is 35.5.